The van der Waals surface area contributed by atoms with Crippen LogP contribution < -0.4 is 5.32 Å². The Morgan fingerprint density at radius 2 is 1.85 bits per heavy atom. The molecule has 0 aromatic carbocycles. The average Bonchev–Trinajstić information content (AvgIpc) is 2.24. The van der Waals surface area contributed by atoms with E-state index in [1.54, 1.807) is 20.8 Å². The van der Waals surface area contributed by atoms with Crippen LogP contribution in [-0.2, 0) is 4.74 Å². The second kappa shape index (κ2) is 7.41. The predicted molar refractivity (Wildman–Crippen MR) is 86.8 cm³/mol. The number of hydrogen-bond donors (Lipinski definition) is 2. The molecular weight excluding hydrogens is 322 g/mol. The van der Waals surface area contributed by atoms with Gasteiger partial charge in [-0.05, 0) is 48.2 Å². The molecule has 0 aliphatic rings. The Labute approximate surface area is 131 Å². The summed E-state index contributed by atoms with van der Waals surface area (Å²) in [4.78, 5) is 14.0. The molecule has 2 N–H and O–H groups in total. The molecule has 0 bridgehead atoms. The van der Waals surface area contributed by atoms with Gasteiger partial charge >= 0.3 is 6.09 Å². The van der Waals surface area contributed by atoms with Crippen LogP contribution in [0.1, 0.15) is 47.5 Å². The number of halogens is 1. The molecule has 5 nitrogen and oxygen atoms in total. The van der Waals surface area contributed by atoms with E-state index in [0.29, 0.717) is 6.42 Å². The van der Waals surface area contributed by atoms with Crippen molar-refractivity contribution in [3.63, 3.8) is 0 Å². The number of nitrogens with one attached hydrogen (secondary N) is 2. The van der Waals surface area contributed by atoms with Gasteiger partial charge in [0.2, 0.25) is 0 Å². The molecule has 0 fully saturated rings. The summed E-state index contributed by atoms with van der Waals surface area (Å²) in [6, 6.07) is 0. The van der Waals surface area contributed by atoms with Crippen LogP contribution >= 0.6 is 15.9 Å². The third kappa shape index (κ3) is 6.22. The van der Waals surface area contributed by atoms with Gasteiger partial charge in [0.1, 0.15) is 11.4 Å². The van der Waals surface area contributed by atoms with E-state index in [1.165, 1.54) is 0 Å². The number of alkyl halides is 1. The molecule has 0 aliphatic carbocycles. The number of alkyl carbamates (subject to hydrolysis) is 1. The molecule has 0 rings (SSSR count). The van der Waals surface area contributed by atoms with Crippen molar-refractivity contribution in [3.8, 4) is 0 Å². The average molecular weight is 350 g/mol. The Kier molecular flexibility index (Phi) is 7.18. The van der Waals surface area contributed by atoms with Gasteiger partial charge in [-0.3, -0.25) is 10.7 Å². The molecule has 1 amide bonds. The molecule has 0 spiro atoms. The molecule has 0 aromatic rings. The lowest BCUT2D eigenvalue weighted by molar-refractivity contribution is 0.0559. The van der Waals surface area contributed by atoms with Gasteiger partial charge in [-0.25, -0.2) is 4.79 Å². The fourth-order valence-electron chi connectivity index (χ4n) is 1.82. The summed E-state index contributed by atoms with van der Waals surface area (Å²) >= 11 is 3.66. The van der Waals surface area contributed by atoms with Gasteiger partial charge in [0, 0.05) is 16.8 Å². The summed E-state index contributed by atoms with van der Waals surface area (Å²) < 4.78 is 5.15. The third-order valence-corrected chi connectivity index (χ3v) is 4.88. The van der Waals surface area contributed by atoms with Gasteiger partial charge in [-0.15, -0.1) is 0 Å². The number of carbonyl (C=O) groups excluding carboxylic acids is 1. The highest BCUT2D eigenvalue weighted by Gasteiger charge is 2.35. The lowest BCUT2D eigenvalue weighted by atomic mass is 9.90. The van der Waals surface area contributed by atoms with Gasteiger partial charge in [0.05, 0.1) is 0 Å². The van der Waals surface area contributed by atoms with Gasteiger partial charge in [0.15, 0.2) is 0 Å². The SMILES string of the molecule is CC[C@@H](Br)C(C)(CC(=N)NC(=O)OC(C)(C)C)N(C)C. The van der Waals surface area contributed by atoms with E-state index in [0.717, 1.165) is 6.42 Å². The number of amidine groups is 1. The van der Waals surface area contributed by atoms with E-state index in [-0.39, 0.29) is 16.2 Å². The number of nitrogens with zero attached hydrogens (tertiary/aromatic N) is 1. The van der Waals surface area contributed by atoms with Crippen molar-refractivity contribution < 1.29 is 9.53 Å². The maximum Gasteiger partial charge on any atom is 0.413 e. The molecule has 0 saturated heterocycles. The zero-order valence-corrected chi connectivity index (χ0v) is 15.2. The van der Waals surface area contributed by atoms with Crippen molar-refractivity contribution >= 4 is 27.9 Å². The normalized spacial score (nSPS) is 16.4. The van der Waals surface area contributed by atoms with Crippen LogP contribution in [0.4, 0.5) is 4.79 Å². The van der Waals surface area contributed by atoms with Crippen molar-refractivity contribution in [2.45, 2.75) is 63.4 Å². The zero-order chi connectivity index (χ0) is 16.1. The van der Waals surface area contributed by atoms with Crippen LogP contribution in [-0.4, -0.2) is 46.9 Å². The maximum absolute atomic E-state index is 11.7. The molecule has 0 aliphatic heterocycles. The molecule has 20 heavy (non-hydrogen) atoms. The number of ether oxygens (including phenoxy) is 1. The summed E-state index contributed by atoms with van der Waals surface area (Å²) in [6.45, 7) is 9.55. The van der Waals surface area contributed by atoms with E-state index in [2.05, 4.69) is 40.0 Å². The second-order valence-electron chi connectivity index (χ2n) is 6.41. The minimum absolute atomic E-state index is 0.161. The lowest BCUT2D eigenvalue weighted by Crippen LogP contribution is -2.52. The van der Waals surface area contributed by atoms with Crippen LogP contribution in [0.2, 0.25) is 0 Å². The minimum Gasteiger partial charge on any atom is -0.444 e. The molecule has 1 unspecified atom stereocenters. The van der Waals surface area contributed by atoms with E-state index in [4.69, 9.17) is 10.1 Å². The second-order valence-corrected chi connectivity index (χ2v) is 7.51. The Balaban J connectivity index is 4.68. The molecule has 118 valence electrons. The largest absolute Gasteiger partial charge is 0.444 e. The van der Waals surface area contributed by atoms with Gasteiger partial charge in [0.25, 0.3) is 0 Å². The van der Waals surface area contributed by atoms with Crippen LogP contribution in [0.15, 0.2) is 0 Å². The first kappa shape index (κ1) is 19.4. The first-order chi connectivity index (χ1) is 8.92. The van der Waals surface area contributed by atoms with Crippen molar-refractivity contribution in [3.05, 3.63) is 0 Å². The molecule has 0 saturated carbocycles. The van der Waals surface area contributed by atoms with Crippen molar-refractivity contribution in [2.24, 2.45) is 0 Å². The smallest absolute Gasteiger partial charge is 0.413 e. The Bertz CT molecular complexity index is 353. The van der Waals surface area contributed by atoms with Gasteiger partial charge in [-0.2, -0.15) is 0 Å². The molecule has 0 aromatic heterocycles. The third-order valence-electron chi connectivity index (χ3n) is 3.24. The molecule has 0 heterocycles. The van der Waals surface area contributed by atoms with E-state index in [9.17, 15) is 4.79 Å². The van der Waals surface area contributed by atoms with E-state index in [1.807, 2.05) is 14.1 Å². The summed E-state index contributed by atoms with van der Waals surface area (Å²) in [5.74, 6) is 0.161. The first-order valence-corrected chi connectivity index (χ1v) is 7.73. The Hall–Kier alpha value is -0.620. The van der Waals surface area contributed by atoms with Crippen molar-refractivity contribution in [2.75, 3.05) is 14.1 Å². The number of hydrogen-bond acceptors (Lipinski definition) is 4. The first-order valence-electron chi connectivity index (χ1n) is 6.81. The quantitative estimate of drug-likeness (QED) is 0.454. The van der Waals surface area contributed by atoms with Crippen molar-refractivity contribution in [1.29, 1.82) is 5.41 Å². The van der Waals surface area contributed by atoms with Crippen LogP contribution in [0.25, 0.3) is 0 Å². The van der Waals surface area contributed by atoms with E-state index < -0.39 is 11.7 Å². The highest BCUT2D eigenvalue weighted by Crippen LogP contribution is 2.29. The topological polar surface area (TPSA) is 65.4 Å². The fraction of sp³-hybridized carbons (Fsp3) is 0.857. The number of amides is 1. The monoisotopic (exact) mass is 349 g/mol. The summed E-state index contributed by atoms with van der Waals surface area (Å²) in [6.07, 6.45) is 0.795. The summed E-state index contributed by atoms with van der Waals surface area (Å²) in [7, 11) is 3.95. The Morgan fingerprint density at radius 3 is 2.20 bits per heavy atom. The van der Waals surface area contributed by atoms with Gasteiger partial charge < -0.3 is 9.64 Å². The molecular formula is C14H28BrN3O2. The lowest BCUT2D eigenvalue weighted by Gasteiger charge is -2.40. The predicted octanol–water partition coefficient (Wildman–Crippen LogP) is 3.37. The van der Waals surface area contributed by atoms with Crippen LogP contribution in [0.5, 0.6) is 0 Å². The zero-order valence-electron chi connectivity index (χ0n) is 13.6. The van der Waals surface area contributed by atoms with Crippen LogP contribution in [0, 0.1) is 5.41 Å². The summed E-state index contributed by atoms with van der Waals surface area (Å²) in [5, 5.41) is 10.5. The molecule has 6 heteroatoms. The fourth-order valence-corrected chi connectivity index (χ4v) is 2.39. The number of carbonyl (C=O) groups is 1. The standard InChI is InChI=1S/C14H28BrN3O2/c1-8-10(15)14(5,18(6)7)9-11(16)17-12(19)20-13(2,3)4/h10H,8-9H2,1-7H3,(H2,16,17,19)/t10-,14?/m1/s1. The number of rotatable bonds is 5. The molecule has 2 atom stereocenters. The van der Waals surface area contributed by atoms with E-state index >= 15 is 0 Å². The van der Waals surface area contributed by atoms with Crippen molar-refractivity contribution in [1.82, 2.24) is 10.2 Å². The van der Waals surface area contributed by atoms with Gasteiger partial charge in [-0.1, -0.05) is 22.9 Å². The summed E-state index contributed by atoms with van der Waals surface area (Å²) in [5.41, 5.74) is -0.808. The highest BCUT2D eigenvalue weighted by atomic mass is 79.9. The molecule has 0 radical (unpaired) electrons. The maximum atomic E-state index is 11.7. The highest BCUT2D eigenvalue weighted by molar-refractivity contribution is 9.09. The Morgan fingerprint density at radius 1 is 1.35 bits per heavy atom. The van der Waals surface area contributed by atoms with Crippen LogP contribution in [0.3, 0.4) is 0 Å². The minimum atomic E-state index is -0.578.